The number of aliphatic hydroxyl groups excluding tert-OH is 1. The van der Waals surface area contributed by atoms with E-state index >= 15 is 0 Å². The first-order valence-electron chi connectivity index (χ1n) is 8.73. The predicted molar refractivity (Wildman–Crippen MR) is 105 cm³/mol. The first-order valence-corrected chi connectivity index (χ1v) is 9.11. The molecule has 2 aromatic carbocycles. The molecule has 3 nitrogen and oxygen atoms in total. The second-order valence-corrected chi connectivity index (χ2v) is 7.34. The highest BCUT2D eigenvalue weighted by molar-refractivity contribution is 6.33. The second kappa shape index (κ2) is 8.57. The maximum Gasteiger partial charge on any atom is 0.435 e. The van der Waals surface area contributed by atoms with Crippen LogP contribution in [0.4, 0.5) is 30.7 Å². The van der Waals surface area contributed by atoms with Crippen LogP contribution < -0.4 is 0 Å². The summed E-state index contributed by atoms with van der Waals surface area (Å²) in [7, 11) is 0. The van der Waals surface area contributed by atoms with Gasteiger partial charge in [-0.2, -0.15) is 26.3 Å². The van der Waals surface area contributed by atoms with E-state index in [-0.39, 0.29) is 32.8 Å². The van der Waals surface area contributed by atoms with E-state index in [0.717, 1.165) is 19.9 Å². The molecular weight excluding hydrogens is 467 g/mol. The molecule has 0 aromatic heterocycles. The number of halogens is 8. The van der Waals surface area contributed by atoms with E-state index in [1.54, 1.807) is 0 Å². The highest BCUT2D eigenvalue weighted by atomic mass is 35.5. The van der Waals surface area contributed by atoms with Crippen LogP contribution in [-0.4, -0.2) is 29.5 Å². The maximum absolute atomic E-state index is 14.4. The molecule has 2 aromatic rings. The van der Waals surface area contributed by atoms with Gasteiger partial charge in [-0.25, -0.2) is 4.39 Å². The standard InChI is InChI=1S/C21H15ClF7NO2/c1-10-5-14(19(23,20(24,25)26)21(27,28)29)6-11(2)18(10)16(30)8-17(32)12-3-4-15(22)13(7-12)9-31/h3-9,30,32H,1-2H3/b17-8-,30-16?. The van der Waals surface area contributed by atoms with Gasteiger partial charge in [0.1, 0.15) is 5.76 Å². The SMILES string of the molecule is Cc1cc(C(F)(C(F)(F)F)C(F)(F)F)cc(C)c1C(=N)/C=C(\O)c1ccc(Cl)c(C=O)c1. The number of benzene rings is 2. The van der Waals surface area contributed by atoms with E-state index in [1.807, 2.05) is 0 Å². The lowest BCUT2D eigenvalue weighted by atomic mass is 9.87. The van der Waals surface area contributed by atoms with Gasteiger partial charge in [-0.15, -0.1) is 0 Å². The molecule has 0 fully saturated rings. The summed E-state index contributed by atoms with van der Waals surface area (Å²) in [6.45, 7) is 2.23. The Bertz CT molecular complexity index is 1070. The number of nitrogens with one attached hydrogen (secondary N) is 1. The number of aliphatic hydroxyl groups is 1. The minimum absolute atomic E-state index is 0.0472. The number of aryl methyl sites for hydroxylation is 2. The summed E-state index contributed by atoms with van der Waals surface area (Å²) < 4.78 is 92.6. The van der Waals surface area contributed by atoms with Crippen LogP contribution >= 0.6 is 11.6 Å². The smallest absolute Gasteiger partial charge is 0.435 e. The van der Waals surface area contributed by atoms with Crippen molar-refractivity contribution < 1.29 is 40.6 Å². The first-order chi connectivity index (χ1) is 14.5. The van der Waals surface area contributed by atoms with Crippen molar-refractivity contribution in [2.45, 2.75) is 31.9 Å². The molecule has 172 valence electrons. The molecule has 0 saturated heterocycles. The summed E-state index contributed by atoms with van der Waals surface area (Å²) in [4.78, 5) is 11.0. The average Bonchev–Trinajstić information content (AvgIpc) is 2.65. The lowest BCUT2D eigenvalue weighted by molar-refractivity contribution is -0.348. The van der Waals surface area contributed by atoms with Crippen LogP contribution in [0.15, 0.2) is 36.4 Å². The molecule has 0 aliphatic heterocycles. The Balaban J connectivity index is 2.56. The number of carbonyl (C=O) groups is 1. The molecule has 11 heteroatoms. The minimum Gasteiger partial charge on any atom is -0.507 e. The van der Waals surface area contributed by atoms with Crippen molar-refractivity contribution in [2.24, 2.45) is 0 Å². The zero-order valence-electron chi connectivity index (χ0n) is 16.4. The van der Waals surface area contributed by atoms with Gasteiger partial charge in [-0.05, 0) is 43.2 Å². The van der Waals surface area contributed by atoms with Crippen LogP contribution in [0.2, 0.25) is 5.02 Å². The van der Waals surface area contributed by atoms with Gasteiger partial charge < -0.3 is 10.5 Å². The van der Waals surface area contributed by atoms with E-state index in [2.05, 4.69) is 0 Å². The van der Waals surface area contributed by atoms with Crippen LogP contribution in [0.5, 0.6) is 0 Å². The molecule has 32 heavy (non-hydrogen) atoms. The number of hydrogen-bond acceptors (Lipinski definition) is 3. The van der Waals surface area contributed by atoms with E-state index in [9.17, 15) is 40.6 Å². The summed E-state index contributed by atoms with van der Waals surface area (Å²) in [6.07, 6.45) is -11.2. The summed E-state index contributed by atoms with van der Waals surface area (Å²) in [5, 5.41) is 18.5. The Labute approximate surface area is 182 Å². The molecule has 0 aliphatic carbocycles. The summed E-state index contributed by atoms with van der Waals surface area (Å²) in [5.41, 5.74) is -8.17. The Kier molecular flexibility index (Phi) is 6.80. The largest absolute Gasteiger partial charge is 0.507 e. The molecule has 0 bridgehead atoms. The van der Waals surface area contributed by atoms with Crippen LogP contribution in [-0.2, 0) is 5.67 Å². The minimum atomic E-state index is -6.26. The van der Waals surface area contributed by atoms with Gasteiger partial charge in [0.25, 0.3) is 0 Å². The van der Waals surface area contributed by atoms with Gasteiger partial charge in [-0.3, -0.25) is 4.79 Å². The monoisotopic (exact) mass is 481 g/mol. The molecule has 0 atom stereocenters. The predicted octanol–water partition coefficient (Wildman–Crippen LogP) is 7.03. The molecular formula is C21H15ClF7NO2. The first kappa shape index (κ1) is 25.4. The molecule has 0 unspecified atom stereocenters. The fraction of sp³-hybridized carbons (Fsp3) is 0.238. The Morgan fingerprint density at radius 2 is 1.47 bits per heavy atom. The van der Waals surface area contributed by atoms with Crippen molar-refractivity contribution >= 4 is 29.4 Å². The number of hydrogen-bond donors (Lipinski definition) is 2. The topological polar surface area (TPSA) is 61.1 Å². The Morgan fingerprint density at radius 1 is 0.969 bits per heavy atom. The van der Waals surface area contributed by atoms with E-state index in [0.29, 0.717) is 18.4 Å². The van der Waals surface area contributed by atoms with Crippen molar-refractivity contribution in [2.75, 3.05) is 0 Å². The van der Waals surface area contributed by atoms with E-state index < -0.39 is 35.1 Å². The Morgan fingerprint density at radius 3 is 1.91 bits per heavy atom. The van der Waals surface area contributed by atoms with Crippen LogP contribution in [0.25, 0.3) is 5.76 Å². The van der Waals surface area contributed by atoms with Gasteiger partial charge in [0.15, 0.2) is 6.29 Å². The number of aldehydes is 1. The molecule has 2 rings (SSSR count). The van der Waals surface area contributed by atoms with Crippen LogP contribution in [0.1, 0.15) is 38.2 Å². The van der Waals surface area contributed by atoms with Gasteiger partial charge in [-0.1, -0.05) is 23.7 Å². The van der Waals surface area contributed by atoms with Crippen LogP contribution in [0, 0.1) is 19.3 Å². The third-order valence-electron chi connectivity index (χ3n) is 4.68. The van der Waals surface area contributed by atoms with E-state index in [4.69, 9.17) is 17.0 Å². The van der Waals surface area contributed by atoms with Crippen LogP contribution in [0.3, 0.4) is 0 Å². The number of alkyl halides is 7. The summed E-state index contributed by atoms with van der Waals surface area (Å²) >= 11 is 5.79. The third-order valence-corrected chi connectivity index (χ3v) is 5.03. The number of carbonyl (C=O) groups excluding carboxylic acids is 1. The number of rotatable bonds is 5. The molecule has 0 spiro atoms. The highest BCUT2D eigenvalue weighted by Crippen LogP contribution is 2.53. The average molecular weight is 482 g/mol. The summed E-state index contributed by atoms with van der Waals surface area (Å²) in [6, 6.07) is 4.61. The van der Waals surface area contributed by atoms with Gasteiger partial charge in [0.05, 0.1) is 10.7 Å². The highest BCUT2D eigenvalue weighted by Gasteiger charge is 2.73. The van der Waals surface area contributed by atoms with Gasteiger partial charge in [0.2, 0.25) is 0 Å². The van der Waals surface area contributed by atoms with Crippen molar-refractivity contribution in [3.63, 3.8) is 0 Å². The third kappa shape index (κ3) is 4.50. The lowest BCUT2D eigenvalue weighted by Crippen LogP contribution is -2.50. The molecule has 0 aliphatic rings. The van der Waals surface area contributed by atoms with Crippen molar-refractivity contribution in [3.8, 4) is 0 Å². The van der Waals surface area contributed by atoms with Crippen molar-refractivity contribution in [3.05, 3.63) is 74.8 Å². The zero-order valence-corrected chi connectivity index (χ0v) is 17.2. The van der Waals surface area contributed by atoms with E-state index in [1.165, 1.54) is 18.2 Å². The van der Waals surface area contributed by atoms with Gasteiger partial charge >= 0.3 is 18.0 Å². The Hall–Kier alpha value is -2.88. The molecule has 0 amide bonds. The fourth-order valence-corrected chi connectivity index (χ4v) is 3.32. The number of allylic oxidation sites excluding steroid dienone is 1. The molecule has 0 heterocycles. The second-order valence-electron chi connectivity index (χ2n) is 6.94. The normalized spacial score (nSPS) is 13.2. The fourth-order valence-electron chi connectivity index (χ4n) is 3.16. The van der Waals surface area contributed by atoms with Crippen molar-refractivity contribution in [1.29, 1.82) is 5.41 Å². The zero-order chi connectivity index (χ0) is 24.6. The molecule has 0 radical (unpaired) electrons. The molecule has 2 N–H and O–H groups in total. The maximum atomic E-state index is 14.4. The quantitative estimate of drug-likeness (QED) is 0.208. The van der Waals surface area contributed by atoms with Crippen molar-refractivity contribution in [1.82, 2.24) is 0 Å². The van der Waals surface area contributed by atoms with Gasteiger partial charge in [0, 0.05) is 28.3 Å². The molecule has 0 saturated carbocycles. The lowest BCUT2D eigenvalue weighted by Gasteiger charge is -2.31. The summed E-state index contributed by atoms with van der Waals surface area (Å²) in [5.74, 6) is -0.511.